The van der Waals surface area contributed by atoms with Gasteiger partial charge in [-0.3, -0.25) is 9.78 Å². The number of aromatic nitrogens is 3. The fourth-order valence-electron chi connectivity index (χ4n) is 3.59. The number of hydrogen-bond donors (Lipinski definition) is 1. The molecule has 1 aliphatic rings. The smallest absolute Gasteiger partial charge is 0.223 e. The SMILES string of the molecule is CCN1C(=O)C[C@@H](CNc2nc(C)nc(C)c2C)[C@@H]1c1cccnc1. The summed E-state index contributed by atoms with van der Waals surface area (Å²) in [6.45, 7) is 9.34. The summed E-state index contributed by atoms with van der Waals surface area (Å²) in [4.78, 5) is 27.5. The lowest BCUT2D eigenvalue weighted by Gasteiger charge is -2.28. The van der Waals surface area contributed by atoms with Crippen LogP contribution in [-0.2, 0) is 4.79 Å². The molecule has 0 unspecified atom stereocenters. The Hall–Kier alpha value is -2.50. The van der Waals surface area contributed by atoms with Crippen molar-refractivity contribution in [2.45, 2.75) is 40.2 Å². The molecule has 25 heavy (non-hydrogen) atoms. The first kappa shape index (κ1) is 17.3. The quantitative estimate of drug-likeness (QED) is 0.907. The summed E-state index contributed by atoms with van der Waals surface area (Å²) in [7, 11) is 0. The van der Waals surface area contributed by atoms with Crippen LogP contribution in [0.1, 0.15) is 42.0 Å². The van der Waals surface area contributed by atoms with Gasteiger partial charge in [-0.2, -0.15) is 0 Å². The van der Waals surface area contributed by atoms with Crippen molar-refractivity contribution in [3.8, 4) is 0 Å². The lowest BCUT2D eigenvalue weighted by atomic mass is 9.94. The van der Waals surface area contributed by atoms with Gasteiger partial charge in [-0.1, -0.05) is 6.07 Å². The summed E-state index contributed by atoms with van der Waals surface area (Å²) >= 11 is 0. The average Bonchev–Trinajstić information content (AvgIpc) is 2.93. The van der Waals surface area contributed by atoms with E-state index in [1.165, 1.54) is 0 Å². The first-order valence-electron chi connectivity index (χ1n) is 8.76. The van der Waals surface area contributed by atoms with Gasteiger partial charge in [0.05, 0.1) is 6.04 Å². The number of rotatable bonds is 5. The first-order chi connectivity index (χ1) is 12.0. The Morgan fingerprint density at radius 1 is 1.28 bits per heavy atom. The molecule has 3 rings (SSSR count). The summed E-state index contributed by atoms with van der Waals surface area (Å²) in [5, 5.41) is 3.45. The molecule has 132 valence electrons. The second-order valence-corrected chi connectivity index (χ2v) is 6.59. The van der Waals surface area contributed by atoms with Crippen molar-refractivity contribution in [1.82, 2.24) is 19.9 Å². The normalized spacial score (nSPS) is 20.2. The number of carbonyl (C=O) groups excluding carboxylic acids is 1. The predicted octanol–water partition coefficient (Wildman–Crippen LogP) is 2.82. The minimum absolute atomic E-state index is 0.0584. The van der Waals surface area contributed by atoms with Crippen LogP contribution in [0.25, 0.3) is 0 Å². The molecule has 0 saturated carbocycles. The molecular formula is C19H25N5O. The zero-order valence-electron chi connectivity index (χ0n) is 15.3. The molecule has 6 heteroatoms. The molecule has 0 aliphatic carbocycles. The van der Waals surface area contributed by atoms with E-state index in [1.807, 2.05) is 44.9 Å². The van der Waals surface area contributed by atoms with E-state index in [0.29, 0.717) is 19.5 Å². The van der Waals surface area contributed by atoms with Gasteiger partial charge in [-0.25, -0.2) is 9.97 Å². The van der Waals surface area contributed by atoms with Crippen molar-refractivity contribution in [2.24, 2.45) is 5.92 Å². The van der Waals surface area contributed by atoms with E-state index in [0.717, 1.165) is 28.5 Å². The van der Waals surface area contributed by atoms with Gasteiger partial charge in [-0.05, 0) is 39.3 Å². The third kappa shape index (κ3) is 3.48. The maximum atomic E-state index is 12.4. The lowest BCUT2D eigenvalue weighted by Crippen LogP contribution is -2.30. The summed E-state index contributed by atoms with van der Waals surface area (Å²) < 4.78 is 0. The van der Waals surface area contributed by atoms with Crippen molar-refractivity contribution >= 4 is 11.7 Å². The highest BCUT2D eigenvalue weighted by molar-refractivity contribution is 5.79. The number of aryl methyl sites for hydroxylation is 2. The maximum absolute atomic E-state index is 12.4. The second-order valence-electron chi connectivity index (χ2n) is 6.59. The van der Waals surface area contributed by atoms with Crippen LogP contribution in [0.4, 0.5) is 5.82 Å². The Morgan fingerprint density at radius 2 is 2.08 bits per heavy atom. The molecule has 0 radical (unpaired) electrons. The summed E-state index contributed by atoms with van der Waals surface area (Å²) in [6, 6.07) is 4.04. The van der Waals surface area contributed by atoms with Crippen LogP contribution in [0.5, 0.6) is 0 Å². The van der Waals surface area contributed by atoms with Crippen molar-refractivity contribution in [3.05, 3.63) is 47.2 Å². The molecule has 2 aromatic heterocycles. The second kappa shape index (κ2) is 7.17. The van der Waals surface area contributed by atoms with E-state index in [1.54, 1.807) is 6.20 Å². The van der Waals surface area contributed by atoms with E-state index >= 15 is 0 Å². The first-order valence-corrected chi connectivity index (χ1v) is 8.76. The minimum atomic E-state index is 0.0584. The third-order valence-corrected chi connectivity index (χ3v) is 4.94. The summed E-state index contributed by atoms with van der Waals surface area (Å²) in [5.41, 5.74) is 3.13. The average molecular weight is 339 g/mol. The molecule has 1 aliphatic heterocycles. The van der Waals surface area contributed by atoms with Crippen LogP contribution in [-0.4, -0.2) is 38.8 Å². The van der Waals surface area contributed by atoms with Gasteiger partial charge in [0.25, 0.3) is 0 Å². The third-order valence-electron chi connectivity index (χ3n) is 4.94. The Labute approximate surface area is 148 Å². The minimum Gasteiger partial charge on any atom is -0.369 e. The van der Waals surface area contributed by atoms with Crippen LogP contribution in [0.3, 0.4) is 0 Å². The van der Waals surface area contributed by atoms with E-state index < -0.39 is 0 Å². The molecule has 0 bridgehead atoms. The van der Waals surface area contributed by atoms with E-state index in [2.05, 4.69) is 26.3 Å². The standard InChI is InChI=1S/C19H25N5O/c1-5-24-17(25)9-16(18(24)15-7-6-8-20-10-15)11-21-19-12(2)13(3)22-14(4)23-19/h6-8,10,16,18H,5,9,11H2,1-4H3,(H,21,22,23)/t16-,18-/m0/s1. The molecule has 2 aromatic rings. The number of nitrogens with zero attached hydrogens (tertiary/aromatic N) is 4. The number of amides is 1. The fraction of sp³-hybridized carbons (Fsp3) is 0.474. The molecule has 0 spiro atoms. The summed E-state index contributed by atoms with van der Waals surface area (Å²) in [5.74, 6) is 2.01. The van der Waals surface area contributed by atoms with Crippen molar-refractivity contribution in [2.75, 3.05) is 18.4 Å². The Bertz CT molecular complexity index is 762. The molecule has 2 atom stereocenters. The van der Waals surface area contributed by atoms with Gasteiger partial charge in [0.1, 0.15) is 11.6 Å². The summed E-state index contributed by atoms with van der Waals surface area (Å²) in [6.07, 6.45) is 4.17. The fourth-order valence-corrected chi connectivity index (χ4v) is 3.59. The Kier molecular flexibility index (Phi) is 4.97. The number of pyridine rings is 1. The highest BCUT2D eigenvalue weighted by Crippen LogP contribution is 2.37. The molecule has 1 saturated heterocycles. The largest absolute Gasteiger partial charge is 0.369 e. The van der Waals surface area contributed by atoms with E-state index in [-0.39, 0.29) is 17.9 Å². The molecule has 1 N–H and O–H groups in total. The van der Waals surface area contributed by atoms with E-state index in [4.69, 9.17) is 0 Å². The van der Waals surface area contributed by atoms with E-state index in [9.17, 15) is 4.79 Å². The zero-order valence-corrected chi connectivity index (χ0v) is 15.3. The topological polar surface area (TPSA) is 71.0 Å². The molecule has 6 nitrogen and oxygen atoms in total. The van der Waals surface area contributed by atoms with Crippen LogP contribution in [0.15, 0.2) is 24.5 Å². The van der Waals surface area contributed by atoms with Gasteiger partial charge in [0.15, 0.2) is 0 Å². The van der Waals surface area contributed by atoms with Gasteiger partial charge in [-0.15, -0.1) is 0 Å². The van der Waals surface area contributed by atoms with Gasteiger partial charge in [0, 0.05) is 49.1 Å². The van der Waals surface area contributed by atoms with Gasteiger partial charge in [0.2, 0.25) is 5.91 Å². The van der Waals surface area contributed by atoms with Crippen molar-refractivity contribution in [1.29, 1.82) is 0 Å². The van der Waals surface area contributed by atoms with Crippen molar-refractivity contribution < 1.29 is 4.79 Å². The van der Waals surface area contributed by atoms with Crippen LogP contribution < -0.4 is 5.32 Å². The molecular weight excluding hydrogens is 314 g/mol. The zero-order chi connectivity index (χ0) is 18.0. The lowest BCUT2D eigenvalue weighted by molar-refractivity contribution is -0.128. The number of likely N-dealkylation sites (tertiary alicyclic amines) is 1. The number of anilines is 1. The number of nitrogens with one attached hydrogen (secondary N) is 1. The monoisotopic (exact) mass is 339 g/mol. The van der Waals surface area contributed by atoms with Crippen LogP contribution >= 0.6 is 0 Å². The number of carbonyl (C=O) groups is 1. The Balaban J connectivity index is 1.82. The predicted molar refractivity (Wildman–Crippen MR) is 97.2 cm³/mol. The highest BCUT2D eigenvalue weighted by Gasteiger charge is 2.39. The van der Waals surface area contributed by atoms with Crippen LogP contribution in [0.2, 0.25) is 0 Å². The highest BCUT2D eigenvalue weighted by atomic mass is 16.2. The van der Waals surface area contributed by atoms with Crippen LogP contribution in [0, 0.1) is 26.7 Å². The molecule has 1 fully saturated rings. The van der Waals surface area contributed by atoms with Gasteiger partial charge >= 0.3 is 0 Å². The molecule has 1 amide bonds. The Morgan fingerprint density at radius 3 is 2.76 bits per heavy atom. The molecule has 0 aromatic carbocycles. The van der Waals surface area contributed by atoms with Crippen molar-refractivity contribution in [3.63, 3.8) is 0 Å². The van der Waals surface area contributed by atoms with Gasteiger partial charge < -0.3 is 10.2 Å². The maximum Gasteiger partial charge on any atom is 0.223 e. The molecule has 3 heterocycles. The number of hydrogen-bond acceptors (Lipinski definition) is 5.